The third kappa shape index (κ3) is 4.30. The Hall–Kier alpha value is -1.45. The second-order valence-electron chi connectivity index (χ2n) is 3.58. The van der Waals surface area contributed by atoms with Crippen molar-refractivity contribution >= 4 is 16.0 Å². The fraction of sp³-hybridized carbons (Fsp3) is 0.600. The average Bonchev–Trinajstić information content (AvgIpc) is 2.85. The number of aromatic amines is 1. The van der Waals surface area contributed by atoms with E-state index in [4.69, 9.17) is 4.74 Å². The van der Waals surface area contributed by atoms with Crippen LogP contribution in [-0.2, 0) is 14.8 Å². The number of aromatic nitrogens is 2. The van der Waals surface area contributed by atoms with E-state index in [-0.39, 0.29) is 23.7 Å². The molecule has 0 amide bonds. The number of sulfonamides is 1. The lowest BCUT2D eigenvalue weighted by atomic mass is 10.4. The maximum absolute atomic E-state index is 12.0. The molecule has 1 aromatic rings. The summed E-state index contributed by atoms with van der Waals surface area (Å²) in [5.41, 5.74) is -0.0993. The predicted molar refractivity (Wildman–Crippen MR) is 68.3 cm³/mol. The summed E-state index contributed by atoms with van der Waals surface area (Å²) in [6.07, 6.45) is 1.14. The average molecular weight is 290 g/mol. The lowest BCUT2D eigenvalue weighted by Crippen LogP contribution is -2.32. The van der Waals surface area contributed by atoms with Gasteiger partial charge in [-0.1, -0.05) is 6.92 Å². The number of hydrogen-bond donors (Lipinski definition) is 3. The van der Waals surface area contributed by atoms with E-state index in [1.165, 1.54) is 0 Å². The highest BCUT2D eigenvalue weighted by Gasteiger charge is 2.25. The highest BCUT2D eigenvalue weighted by Crippen LogP contribution is 2.12. The molecule has 0 unspecified atom stereocenters. The highest BCUT2D eigenvalue weighted by molar-refractivity contribution is 7.89. The maximum Gasteiger partial charge on any atom is 0.342 e. The monoisotopic (exact) mass is 290 g/mol. The molecule has 108 valence electrons. The zero-order chi connectivity index (χ0) is 14.3. The third-order valence-electron chi connectivity index (χ3n) is 2.21. The molecule has 9 heteroatoms. The molecule has 0 aromatic carbocycles. The molecule has 0 spiro atoms. The number of rotatable bonds is 8. The molecule has 0 saturated heterocycles. The van der Waals surface area contributed by atoms with Gasteiger partial charge < -0.3 is 10.1 Å². The molecule has 0 aliphatic rings. The molecule has 0 bridgehead atoms. The summed E-state index contributed by atoms with van der Waals surface area (Å²) in [6, 6.07) is 0. The Kier molecular flexibility index (Phi) is 5.93. The van der Waals surface area contributed by atoms with Crippen molar-refractivity contribution in [3.63, 3.8) is 0 Å². The smallest absolute Gasteiger partial charge is 0.342 e. The van der Waals surface area contributed by atoms with Gasteiger partial charge in [-0.2, -0.15) is 5.10 Å². The zero-order valence-electron chi connectivity index (χ0n) is 10.9. The SMILES string of the molecule is CCNCCNS(=O)(=O)c1[nH]ncc1C(=O)OCC. The Morgan fingerprint density at radius 3 is 2.79 bits per heavy atom. The number of carbonyl (C=O) groups is 1. The summed E-state index contributed by atoms with van der Waals surface area (Å²) < 4.78 is 31.1. The molecular weight excluding hydrogens is 272 g/mol. The van der Waals surface area contributed by atoms with Gasteiger partial charge in [0.2, 0.25) is 0 Å². The van der Waals surface area contributed by atoms with Crippen molar-refractivity contribution in [1.82, 2.24) is 20.2 Å². The summed E-state index contributed by atoms with van der Waals surface area (Å²) in [4.78, 5) is 11.6. The summed E-state index contributed by atoms with van der Waals surface area (Å²) >= 11 is 0. The molecule has 1 rings (SSSR count). The Labute approximate surface area is 112 Å². The lowest BCUT2D eigenvalue weighted by molar-refractivity contribution is 0.0522. The minimum absolute atomic E-state index is 0.0993. The van der Waals surface area contributed by atoms with Crippen LogP contribution in [0.3, 0.4) is 0 Å². The zero-order valence-corrected chi connectivity index (χ0v) is 11.7. The van der Waals surface area contributed by atoms with Crippen molar-refractivity contribution in [3.8, 4) is 0 Å². The first-order valence-electron chi connectivity index (χ1n) is 5.93. The largest absolute Gasteiger partial charge is 0.462 e. The van der Waals surface area contributed by atoms with Gasteiger partial charge in [-0.05, 0) is 13.5 Å². The van der Waals surface area contributed by atoms with Gasteiger partial charge in [0.25, 0.3) is 10.0 Å². The minimum atomic E-state index is -3.80. The van der Waals surface area contributed by atoms with E-state index in [1.807, 2.05) is 6.92 Å². The van der Waals surface area contributed by atoms with Crippen LogP contribution in [-0.4, -0.2) is 50.8 Å². The van der Waals surface area contributed by atoms with Gasteiger partial charge in [0.05, 0.1) is 12.8 Å². The molecule has 0 saturated carbocycles. The molecule has 1 heterocycles. The van der Waals surface area contributed by atoms with E-state index in [1.54, 1.807) is 6.92 Å². The number of carbonyl (C=O) groups excluding carboxylic acids is 1. The second-order valence-corrected chi connectivity index (χ2v) is 5.29. The Balaban J connectivity index is 2.78. The van der Waals surface area contributed by atoms with E-state index < -0.39 is 16.0 Å². The predicted octanol–water partition coefficient (Wildman–Crippen LogP) is -0.526. The number of likely N-dealkylation sites (N-methyl/N-ethyl adjacent to an activating group) is 1. The molecular formula is C10H18N4O4S. The van der Waals surface area contributed by atoms with E-state index in [0.717, 1.165) is 12.7 Å². The van der Waals surface area contributed by atoms with Crippen LogP contribution in [0.1, 0.15) is 24.2 Å². The number of esters is 1. The summed E-state index contributed by atoms with van der Waals surface area (Å²) in [5, 5.41) is 8.58. The van der Waals surface area contributed by atoms with Gasteiger partial charge in [-0.15, -0.1) is 0 Å². The van der Waals surface area contributed by atoms with Crippen LogP contribution >= 0.6 is 0 Å². The molecule has 0 aliphatic heterocycles. The Morgan fingerprint density at radius 2 is 2.16 bits per heavy atom. The van der Waals surface area contributed by atoms with E-state index in [2.05, 4.69) is 20.2 Å². The molecule has 8 nitrogen and oxygen atoms in total. The van der Waals surface area contributed by atoms with Crippen LogP contribution in [0.2, 0.25) is 0 Å². The van der Waals surface area contributed by atoms with Crippen molar-refractivity contribution in [2.75, 3.05) is 26.2 Å². The van der Waals surface area contributed by atoms with Gasteiger partial charge >= 0.3 is 5.97 Å². The van der Waals surface area contributed by atoms with Gasteiger partial charge in [-0.25, -0.2) is 17.9 Å². The van der Waals surface area contributed by atoms with Gasteiger partial charge in [-0.3, -0.25) is 5.10 Å². The van der Waals surface area contributed by atoms with Crippen LogP contribution in [0.5, 0.6) is 0 Å². The molecule has 0 fully saturated rings. The maximum atomic E-state index is 12.0. The normalized spacial score (nSPS) is 11.5. The number of nitrogens with zero attached hydrogens (tertiary/aromatic N) is 1. The van der Waals surface area contributed by atoms with Crippen molar-refractivity contribution in [3.05, 3.63) is 11.8 Å². The van der Waals surface area contributed by atoms with Crippen LogP contribution in [0, 0.1) is 0 Å². The lowest BCUT2D eigenvalue weighted by Gasteiger charge is -2.07. The van der Waals surface area contributed by atoms with Crippen LogP contribution < -0.4 is 10.0 Å². The van der Waals surface area contributed by atoms with E-state index >= 15 is 0 Å². The Bertz CT molecular complexity index is 511. The molecule has 3 N–H and O–H groups in total. The van der Waals surface area contributed by atoms with Gasteiger partial charge in [0.15, 0.2) is 5.03 Å². The fourth-order valence-corrected chi connectivity index (χ4v) is 2.47. The number of ether oxygens (including phenoxy) is 1. The third-order valence-corrected chi connectivity index (χ3v) is 3.65. The standard InChI is InChI=1S/C10H18N4O4S/c1-3-11-5-6-13-19(16,17)9-8(7-12-14-9)10(15)18-4-2/h7,11,13H,3-6H2,1-2H3,(H,12,14). The molecule has 19 heavy (non-hydrogen) atoms. The first-order chi connectivity index (χ1) is 9.03. The highest BCUT2D eigenvalue weighted by atomic mass is 32.2. The summed E-state index contributed by atoms with van der Waals surface area (Å²) in [5.74, 6) is -0.719. The molecule has 0 aliphatic carbocycles. The van der Waals surface area contributed by atoms with E-state index in [0.29, 0.717) is 6.54 Å². The topological polar surface area (TPSA) is 113 Å². The fourth-order valence-electron chi connectivity index (χ4n) is 1.36. The minimum Gasteiger partial charge on any atom is -0.462 e. The molecule has 1 aromatic heterocycles. The molecule has 0 radical (unpaired) electrons. The van der Waals surface area contributed by atoms with Crippen LogP contribution in [0.25, 0.3) is 0 Å². The van der Waals surface area contributed by atoms with Gasteiger partial charge in [0, 0.05) is 13.1 Å². The first kappa shape index (κ1) is 15.6. The van der Waals surface area contributed by atoms with Crippen LogP contribution in [0.15, 0.2) is 11.2 Å². The number of hydrogen-bond acceptors (Lipinski definition) is 6. The van der Waals surface area contributed by atoms with Crippen molar-refractivity contribution in [2.45, 2.75) is 18.9 Å². The van der Waals surface area contributed by atoms with Crippen LogP contribution in [0.4, 0.5) is 0 Å². The molecule has 0 atom stereocenters. The number of nitrogens with one attached hydrogen (secondary N) is 3. The van der Waals surface area contributed by atoms with Crippen molar-refractivity contribution < 1.29 is 17.9 Å². The second kappa shape index (κ2) is 7.22. The van der Waals surface area contributed by atoms with E-state index in [9.17, 15) is 13.2 Å². The summed E-state index contributed by atoms with van der Waals surface area (Å²) in [7, 11) is -3.80. The van der Waals surface area contributed by atoms with Gasteiger partial charge in [0.1, 0.15) is 5.56 Å². The quantitative estimate of drug-likeness (QED) is 0.438. The summed E-state index contributed by atoms with van der Waals surface area (Å²) in [6.45, 7) is 5.19. The van der Waals surface area contributed by atoms with Crippen molar-refractivity contribution in [2.24, 2.45) is 0 Å². The van der Waals surface area contributed by atoms with Crippen molar-refractivity contribution in [1.29, 1.82) is 0 Å². The first-order valence-corrected chi connectivity index (χ1v) is 7.42. The number of H-pyrrole nitrogens is 1. The Morgan fingerprint density at radius 1 is 1.42 bits per heavy atom.